The maximum Gasteiger partial charge on any atom is -0.0279 e. The average Bonchev–Trinajstić information content (AvgIpc) is 2.56. The molecule has 2 aliphatic carbocycles. The SMILES string of the molecule is C1=C(C2=CCCCCCCCCCC2)CCCCCCCCCC1. The zero-order valence-electron chi connectivity index (χ0n) is 16.3. The van der Waals surface area contributed by atoms with Gasteiger partial charge in [-0.25, -0.2) is 0 Å². The monoisotopic (exact) mass is 330 g/mol. The summed E-state index contributed by atoms with van der Waals surface area (Å²) in [6.45, 7) is 0. The van der Waals surface area contributed by atoms with Crippen LogP contribution < -0.4 is 0 Å². The minimum atomic E-state index is 1.33. The van der Waals surface area contributed by atoms with Gasteiger partial charge in [-0.3, -0.25) is 0 Å². The summed E-state index contributed by atoms with van der Waals surface area (Å²) in [6.07, 6.45) is 33.8. The Kier molecular flexibility index (Phi) is 11.3. The molecule has 24 heavy (non-hydrogen) atoms. The summed E-state index contributed by atoms with van der Waals surface area (Å²) in [5.74, 6) is 0. The van der Waals surface area contributed by atoms with Gasteiger partial charge in [-0.2, -0.15) is 0 Å². The number of hydrogen-bond acceptors (Lipinski definition) is 0. The molecular weight excluding hydrogens is 288 g/mol. The largest absolute Gasteiger partial charge is 0.0811 e. The van der Waals surface area contributed by atoms with Crippen molar-refractivity contribution in [2.45, 2.75) is 128 Å². The first-order valence-corrected chi connectivity index (χ1v) is 11.4. The molecule has 2 rings (SSSR count). The second-order valence-corrected chi connectivity index (χ2v) is 8.19. The van der Waals surface area contributed by atoms with Gasteiger partial charge in [-0.05, 0) is 62.5 Å². The van der Waals surface area contributed by atoms with Gasteiger partial charge in [0.15, 0.2) is 0 Å². The summed E-state index contributed by atoms with van der Waals surface area (Å²) in [4.78, 5) is 0. The van der Waals surface area contributed by atoms with Crippen molar-refractivity contribution in [3.63, 3.8) is 0 Å². The zero-order valence-corrected chi connectivity index (χ0v) is 16.3. The van der Waals surface area contributed by atoms with Gasteiger partial charge >= 0.3 is 0 Å². The smallest absolute Gasteiger partial charge is 0.0279 e. The van der Waals surface area contributed by atoms with Gasteiger partial charge in [0.25, 0.3) is 0 Å². The molecule has 0 aromatic carbocycles. The van der Waals surface area contributed by atoms with Gasteiger partial charge in [0.05, 0.1) is 0 Å². The fourth-order valence-electron chi connectivity index (χ4n) is 4.38. The molecule has 0 unspecified atom stereocenters. The third-order valence-corrected chi connectivity index (χ3v) is 5.99. The Bertz CT molecular complexity index is 324. The van der Waals surface area contributed by atoms with Crippen molar-refractivity contribution in [2.75, 3.05) is 0 Å². The van der Waals surface area contributed by atoms with E-state index in [-0.39, 0.29) is 0 Å². The molecule has 0 fully saturated rings. The number of rotatable bonds is 1. The van der Waals surface area contributed by atoms with Crippen molar-refractivity contribution in [3.05, 3.63) is 23.3 Å². The van der Waals surface area contributed by atoms with Crippen LogP contribution in [0, 0.1) is 0 Å². The Hall–Kier alpha value is -0.520. The third-order valence-electron chi connectivity index (χ3n) is 5.99. The average molecular weight is 331 g/mol. The van der Waals surface area contributed by atoms with Crippen molar-refractivity contribution in [1.82, 2.24) is 0 Å². The van der Waals surface area contributed by atoms with Gasteiger partial charge in [0.1, 0.15) is 0 Å². The highest BCUT2D eigenvalue weighted by Gasteiger charge is 2.07. The standard InChI is InChI=1S/C24H42/c1-3-7-11-15-19-23(20-16-12-8-4-1)24-21-17-13-9-5-2-6-10-14-18-22-24/h19,21H,1-18,20,22H2. The van der Waals surface area contributed by atoms with Crippen molar-refractivity contribution >= 4 is 0 Å². The van der Waals surface area contributed by atoms with Crippen LogP contribution in [0.3, 0.4) is 0 Å². The summed E-state index contributed by atoms with van der Waals surface area (Å²) in [5, 5.41) is 0. The summed E-state index contributed by atoms with van der Waals surface area (Å²) in [7, 11) is 0. The lowest BCUT2D eigenvalue weighted by atomic mass is 9.91. The van der Waals surface area contributed by atoms with Gasteiger partial charge in [0.2, 0.25) is 0 Å². The van der Waals surface area contributed by atoms with Crippen molar-refractivity contribution < 1.29 is 0 Å². The lowest BCUT2D eigenvalue weighted by Crippen LogP contribution is -1.95. The number of hydrogen-bond donors (Lipinski definition) is 0. The molecule has 0 radical (unpaired) electrons. The van der Waals surface area contributed by atoms with E-state index >= 15 is 0 Å². The molecule has 0 bridgehead atoms. The Morgan fingerprint density at radius 2 is 0.625 bits per heavy atom. The second-order valence-electron chi connectivity index (χ2n) is 8.19. The van der Waals surface area contributed by atoms with Crippen LogP contribution in [0.2, 0.25) is 0 Å². The molecule has 0 spiro atoms. The van der Waals surface area contributed by atoms with Crippen LogP contribution in [0.5, 0.6) is 0 Å². The van der Waals surface area contributed by atoms with E-state index in [2.05, 4.69) is 12.2 Å². The minimum Gasteiger partial charge on any atom is -0.0811 e. The maximum absolute atomic E-state index is 2.64. The zero-order chi connectivity index (χ0) is 16.7. The molecule has 0 aliphatic heterocycles. The lowest BCUT2D eigenvalue weighted by Gasteiger charge is -2.15. The highest BCUT2D eigenvalue weighted by Crippen LogP contribution is 2.27. The fourth-order valence-corrected chi connectivity index (χ4v) is 4.38. The van der Waals surface area contributed by atoms with Crippen LogP contribution >= 0.6 is 0 Å². The van der Waals surface area contributed by atoms with E-state index in [1.54, 1.807) is 11.1 Å². The third kappa shape index (κ3) is 9.09. The second kappa shape index (κ2) is 13.7. The Morgan fingerprint density at radius 1 is 0.333 bits per heavy atom. The van der Waals surface area contributed by atoms with Gasteiger partial charge in [-0.1, -0.05) is 89.2 Å². The van der Waals surface area contributed by atoms with Crippen LogP contribution in [0.1, 0.15) is 128 Å². The molecule has 0 N–H and O–H groups in total. The summed E-state index contributed by atoms with van der Waals surface area (Å²) < 4.78 is 0. The van der Waals surface area contributed by atoms with Crippen LogP contribution in [0.15, 0.2) is 23.3 Å². The topological polar surface area (TPSA) is 0 Å². The number of allylic oxidation sites excluding steroid dienone is 4. The molecule has 0 amide bonds. The van der Waals surface area contributed by atoms with Crippen molar-refractivity contribution in [1.29, 1.82) is 0 Å². The van der Waals surface area contributed by atoms with Gasteiger partial charge in [-0.15, -0.1) is 0 Å². The van der Waals surface area contributed by atoms with E-state index in [1.165, 1.54) is 128 Å². The van der Waals surface area contributed by atoms with Crippen LogP contribution in [-0.2, 0) is 0 Å². The Morgan fingerprint density at radius 3 is 1.00 bits per heavy atom. The maximum atomic E-state index is 2.64. The lowest BCUT2D eigenvalue weighted by molar-refractivity contribution is 0.555. The first-order valence-electron chi connectivity index (χ1n) is 11.4. The first kappa shape index (κ1) is 19.8. The summed E-state index contributed by atoms with van der Waals surface area (Å²) in [6, 6.07) is 0. The predicted molar refractivity (Wildman–Crippen MR) is 109 cm³/mol. The Balaban J connectivity index is 1.96. The quantitative estimate of drug-likeness (QED) is 0.451. The predicted octanol–water partition coefficient (Wildman–Crippen LogP) is 8.67. The van der Waals surface area contributed by atoms with Gasteiger partial charge < -0.3 is 0 Å². The van der Waals surface area contributed by atoms with Crippen LogP contribution in [-0.4, -0.2) is 0 Å². The molecule has 0 saturated heterocycles. The van der Waals surface area contributed by atoms with E-state index in [4.69, 9.17) is 0 Å². The molecule has 0 atom stereocenters. The Labute approximate surface area is 152 Å². The molecule has 138 valence electrons. The summed E-state index contributed by atoms with van der Waals surface area (Å²) >= 11 is 0. The molecule has 0 saturated carbocycles. The molecule has 0 heterocycles. The van der Waals surface area contributed by atoms with Crippen LogP contribution in [0.25, 0.3) is 0 Å². The normalized spacial score (nSPS) is 24.3. The molecule has 0 aromatic heterocycles. The first-order chi connectivity index (χ1) is 12.0. The molecule has 0 aromatic rings. The highest BCUT2D eigenvalue weighted by atomic mass is 14.1. The highest BCUT2D eigenvalue weighted by molar-refractivity contribution is 5.31. The van der Waals surface area contributed by atoms with Crippen molar-refractivity contribution in [2.24, 2.45) is 0 Å². The fraction of sp³-hybridized carbons (Fsp3) is 0.833. The molecule has 0 heteroatoms. The van der Waals surface area contributed by atoms with Gasteiger partial charge in [0, 0.05) is 0 Å². The molecule has 2 aliphatic rings. The van der Waals surface area contributed by atoms with E-state index in [1.807, 2.05) is 0 Å². The van der Waals surface area contributed by atoms with E-state index in [0.29, 0.717) is 0 Å². The molecule has 0 nitrogen and oxygen atoms in total. The van der Waals surface area contributed by atoms with E-state index < -0.39 is 0 Å². The van der Waals surface area contributed by atoms with E-state index in [9.17, 15) is 0 Å². The minimum absolute atomic E-state index is 1.33. The van der Waals surface area contributed by atoms with Crippen LogP contribution in [0.4, 0.5) is 0 Å². The molecular formula is C24H42. The van der Waals surface area contributed by atoms with Crippen molar-refractivity contribution in [3.8, 4) is 0 Å². The summed E-state index contributed by atoms with van der Waals surface area (Å²) in [5.41, 5.74) is 3.49. The van der Waals surface area contributed by atoms with E-state index in [0.717, 1.165) is 0 Å².